The van der Waals surface area contributed by atoms with Crippen LogP contribution in [0.5, 0.6) is 0 Å². The zero-order chi connectivity index (χ0) is 20.3. The second-order valence-electron chi connectivity index (χ2n) is 6.41. The normalized spacial score (nSPS) is 10.7. The molecule has 3 heterocycles. The maximum absolute atomic E-state index is 12.9. The van der Waals surface area contributed by atoms with E-state index in [9.17, 15) is 4.79 Å². The second kappa shape index (κ2) is 8.31. The molecule has 0 saturated heterocycles. The molecule has 0 saturated carbocycles. The van der Waals surface area contributed by atoms with Crippen molar-refractivity contribution < 1.29 is 4.79 Å². The van der Waals surface area contributed by atoms with Crippen molar-refractivity contribution in [3.8, 4) is 17.2 Å². The molecular formula is C21H23N5OS. The Morgan fingerprint density at radius 1 is 1.25 bits per heavy atom. The number of carbonyl (C=O) groups excluding carboxylic acids is 1. The summed E-state index contributed by atoms with van der Waals surface area (Å²) in [5.41, 5.74) is 3.14. The molecule has 0 aliphatic rings. The molecule has 1 amide bonds. The van der Waals surface area contributed by atoms with E-state index in [1.807, 2.05) is 13.0 Å². The van der Waals surface area contributed by atoms with Gasteiger partial charge in [0, 0.05) is 34.6 Å². The van der Waals surface area contributed by atoms with Gasteiger partial charge < -0.3 is 4.90 Å². The largest absolute Gasteiger partial charge is 0.331 e. The van der Waals surface area contributed by atoms with E-state index < -0.39 is 0 Å². The lowest BCUT2D eigenvalue weighted by Gasteiger charge is -2.18. The standard InChI is InChI=1S/C21H23N5OS/c1-6-10-25(11-7-2)20(27)18-13-23-26(15(18)4)21-22-9-8-19(24-21)17-12-14(3)28-16(17)5/h6-9,12-13H,1-2,10-11H2,3-5H3. The molecule has 28 heavy (non-hydrogen) atoms. The second-order valence-corrected chi connectivity index (χ2v) is 7.87. The predicted octanol–water partition coefficient (Wildman–Crippen LogP) is 4.13. The van der Waals surface area contributed by atoms with Crippen molar-refractivity contribution in [1.29, 1.82) is 0 Å². The molecule has 3 aromatic heterocycles. The van der Waals surface area contributed by atoms with Crippen LogP contribution in [0.3, 0.4) is 0 Å². The molecule has 3 aromatic rings. The summed E-state index contributed by atoms with van der Waals surface area (Å²) >= 11 is 1.74. The van der Waals surface area contributed by atoms with Crippen molar-refractivity contribution in [2.24, 2.45) is 0 Å². The van der Waals surface area contributed by atoms with Crippen molar-refractivity contribution in [3.05, 3.63) is 70.8 Å². The van der Waals surface area contributed by atoms with Crippen molar-refractivity contribution in [3.63, 3.8) is 0 Å². The highest BCUT2D eigenvalue weighted by atomic mass is 32.1. The van der Waals surface area contributed by atoms with Crippen LogP contribution in [0.4, 0.5) is 0 Å². The molecule has 6 nitrogen and oxygen atoms in total. The van der Waals surface area contributed by atoms with Crippen LogP contribution in [0, 0.1) is 20.8 Å². The maximum Gasteiger partial charge on any atom is 0.257 e. The Kier molecular flexibility index (Phi) is 5.84. The number of hydrogen-bond donors (Lipinski definition) is 0. The molecule has 144 valence electrons. The van der Waals surface area contributed by atoms with Crippen LogP contribution < -0.4 is 0 Å². The molecule has 7 heteroatoms. The van der Waals surface area contributed by atoms with E-state index in [0.29, 0.717) is 30.3 Å². The summed E-state index contributed by atoms with van der Waals surface area (Å²) in [5.74, 6) is 0.320. The third-order valence-corrected chi connectivity index (χ3v) is 5.34. The highest BCUT2D eigenvalue weighted by Crippen LogP contribution is 2.29. The van der Waals surface area contributed by atoms with Crippen LogP contribution in [0.25, 0.3) is 17.2 Å². The lowest BCUT2D eigenvalue weighted by molar-refractivity contribution is 0.0790. The summed E-state index contributed by atoms with van der Waals surface area (Å²) in [4.78, 5) is 26.0. The Morgan fingerprint density at radius 2 is 1.96 bits per heavy atom. The molecule has 3 rings (SSSR count). The van der Waals surface area contributed by atoms with Gasteiger partial charge in [-0.05, 0) is 32.9 Å². The first-order chi connectivity index (χ1) is 13.5. The fourth-order valence-corrected chi connectivity index (χ4v) is 3.96. The molecule has 0 N–H and O–H groups in total. The number of amides is 1. The summed E-state index contributed by atoms with van der Waals surface area (Å²) in [6.45, 7) is 14.3. The van der Waals surface area contributed by atoms with Crippen LogP contribution in [-0.4, -0.2) is 43.6 Å². The molecule has 0 aliphatic carbocycles. The number of aryl methyl sites for hydroxylation is 2. The van der Waals surface area contributed by atoms with Gasteiger partial charge in [-0.3, -0.25) is 4.79 Å². The molecule has 0 radical (unpaired) electrons. The topological polar surface area (TPSA) is 63.9 Å². The number of rotatable bonds is 7. The number of aromatic nitrogens is 4. The summed E-state index contributed by atoms with van der Waals surface area (Å²) in [7, 11) is 0. The van der Waals surface area contributed by atoms with E-state index >= 15 is 0 Å². The van der Waals surface area contributed by atoms with E-state index in [2.05, 4.69) is 48.1 Å². The average molecular weight is 394 g/mol. The molecule has 0 unspecified atom stereocenters. The van der Waals surface area contributed by atoms with Gasteiger partial charge in [-0.25, -0.2) is 14.6 Å². The van der Waals surface area contributed by atoms with Gasteiger partial charge in [0.1, 0.15) is 0 Å². The highest BCUT2D eigenvalue weighted by molar-refractivity contribution is 7.12. The van der Waals surface area contributed by atoms with Gasteiger partial charge >= 0.3 is 0 Å². The monoisotopic (exact) mass is 393 g/mol. The number of carbonyl (C=O) groups is 1. The van der Waals surface area contributed by atoms with E-state index in [4.69, 9.17) is 0 Å². The summed E-state index contributed by atoms with van der Waals surface area (Å²) < 4.78 is 1.60. The fourth-order valence-electron chi connectivity index (χ4n) is 3.03. The fraction of sp³-hybridized carbons (Fsp3) is 0.238. The Morgan fingerprint density at radius 3 is 2.57 bits per heavy atom. The van der Waals surface area contributed by atoms with Gasteiger partial charge in [0.05, 0.1) is 23.1 Å². The number of thiophene rings is 1. The quantitative estimate of drug-likeness (QED) is 0.566. The zero-order valence-corrected chi connectivity index (χ0v) is 17.2. The lowest BCUT2D eigenvalue weighted by Crippen LogP contribution is -2.31. The van der Waals surface area contributed by atoms with Gasteiger partial charge in [0.2, 0.25) is 0 Å². The number of nitrogens with zero attached hydrogens (tertiary/aromatic N) is 5. The summed E-state index contributed by atoms with van der Waals surface area (Å²) in [5, 5.41) is 4.37. The first-order valence-corrected chi connectivity index (χ1v) is 9.74. The summed E-state index contributed by atoms with van der Waals surface area (Å²) in [6.07, 6.45) is 6.67. The minimum atomic E-state index is -0.121. The average Bonchev–Trinajstić information content (AvgIpc) is 3.22. The third kappa shape index (κ3) is 3.80. The van der Waals surface area contributed by atoms with Gasteiger partial charge in [0.25, 0.3) is 11.9 Å². The van der Waals surface area contributed by atoms with Crippen LogP contribution in [-0.2, 0) is 0 Å². The third-order valence-electron chi connectivity index (χ3n) is 4.38. The van der Waals surface area contributed by atoms with Crippen molar-refractivity contribution >= 4 is 17.2 Å². The van der Waals surface area contributed by atoms with E-state index in [1.165, 1.54) is 9.75 Å². The Hall–Kier alpha value is -3.06. The minimum Gasteiger partial charge on any atom is -0.331 e. The van der Waals surface area contributed by atoms with E-state index in [1.54, 1.807) is 45.5 Å². The Bertz CT molecular complexity index is 1020. The van der Waals surface area contributed by atoms with Gasteiger partial charge in [-0.1, -0.05) is 12.2 Å². The predicted molar refractivity (Wildman–Crippen MR) is 113 cm³/mol. The first-order valence-electron chi connectivity index (χ1n) is 8.92. The molecule has 0 aliphatic heterocycles. The Balaban J connectivity index is 1.97. The maximum atomic E-state index is 12.9. The molecule has 0 aromatic carbocycles. The van der Waals surface area contributed by atoms with E-state index in [-0.39, 0.29) is 5.91 Å². The van der Waals surface area contributed by atoms with Crippen molar-refractivity contribution in [1.82, 2.24) is 24.6 Å². The minimum absolute atomic E-state index is 0.121. The molecule has 0 bridgehead atoms. The SMILES string of the molecule is C=CCN(CC=C)C(=O)c1cnn(-c2nccc(-c3cc(C)sc3C)n2)c1C. The molecule has 0 spiro atoms. The van der Waals surface area contributed by atoms with Crippen molar-refractivity contribution in [2.75, 3.05) is 13.1 Å². The Labute approximate surface area is 168 Å². The van der Waals surface area contributed by atoms with Crippen molar-refractivity contribution in [2.45, 2.75) is 20.8 Å². The molecule has 0 fully saturated rings. The first kappa shape index (κ1) is 19.7. The number of hydrogen-bond acceptors (Lipinski definition) is 5. The van der Waals surface area contributed by atoms with Gasteiger partial charge in [-0.15, -0.1) is 24.5 Å². The van der Waals surface area contributed by atoms with Crippen LogP contribution in [0.2, 0.25) is 0 Å². The lowest BCUT2D eigenvalue weighted by atomic mass is 10.2. The van der Waals surface area contributed by atoms with Gasteiger partial charge in [0.15, 0.2) is 0 Å². The molecule has 0 atom stereocenters. The smallest absolute Gasteiger partial charge is 0.257 e. The molecular weight excluding hydrogens is 370 g/mol. The van der Waals surface area contributed by atoms with Crippen LogP contribution in [0.1, 0.15) is 25.8 Å². The van der Waals surface area contributed by atoms with E-state index in [0.717, 1.165) is 11.3 Å². The van der Waals surface area contributed by atoms with Gasteiger partial charge in [-0.2, -0.15) is 5.10 Å². The van der Waals surface area contributed by atoms with Crippen LogP contribution >= 0.6 is 11.3 Å². The summed E-state index contributed by atoms with van der Waals surface area (Å²) in [6, 6.07) is 4.01. The zero-order valence-electron chi connectivity index (χ0n) is 16.3. The van der Waals surface area contributed by atoms with Crippen LogP contribution in [0.15, 0.2) is 49.8 Å². The highest BCUT2D eigenvalue weighted by Gasteiger charge is 2.21.